The van der Waals surface area contributed by atoms with Crippen LogP contribution in [0.1, 0.15) is 0 Å². The van der Waals surface area contributed by atoms with E-state index >= 15 is 0 Å². The SMILES string of the molecule is OC(O)S. The summed E-state index contributed by atoms with van der Waals surface area (Å²) >= 11 is 3.08. The summed E-state index contributed by atoms with van der Waals surface area (Å²) in [5, 5.41) is 15.0. The van der Waals surface area contributed by atoms with E-state index in [4.69, 9.17) is 10.2 Å². The summed E-state index contributed by atoms with van der Waals surface area (Å²) in [6.45, 7) is 0. The van der Waals surface area contributed by atoms with Crippen molar-refractivity contribution in [2.24, 2.45) is 0 Å². The van der Waals surface area contributed by atoms with E-state index in [-0.39, 0.29) is 0 Å². The zero-order chi connectivity index (χ0) is 3.58. The normalized spacial score (nSPS) is 9.00. The van der Waals surface area contributed by atoms with Gasteiger partial charge in [0.2, 0.25) is 0 Å². The van der Waals surface area contributed by atoms with Crippen LogP contribution < -0.4 is 0 Å². The number of hydrogen-bond acceptors (Lipinski definition) is 3. The Balaban J connectivity index is 2.32. The van der Waals surface area contributed by atoms with Crippen LogP contribution in [0.4, 0.5) is 0 Å². The first kappa shape index (κ1) is 4.27. The second-order valence-electron chi connectivity index (χ2n) is 0.346. The first-order chi connectivity index (χ1) is 1.73. The number of hydrogen-bond donors (Lipinski definition) is 3. The largest absolute Gasteiger partial charge is 0.360 e. The van der Waals surface area contributed by atoms with Gasteiger partial charge in [-0.1, -0.05) is 0 Å². The molecule has 0 rings (SSSR count). The fourth-order valence-corrected chi connectivity index (χ4v) is 0. The zero-order valence-electron chi connectivity index (χ0n) is 1.92. The molecule has 0 aliphatic heterocycles. The highest BCUT2D eigenvalue weighted by atomic mass is 32.1. The van der Waals surface area contributed by atoms with Crippen LogP contribution in [-0.2, 0) is 0 Å². The molecule has 0 aromatic carbocycles. The predicted octanol–water partition coefficient (Wildman–Crippen LogP) is -0.816. The quantitative estimate of drug-likeness (QED) is 0.263. The van der Waals surface area contributed by atoms with Crippen LogP contribution in [-0.4, -0.2) is 15.8 Å². The summed E-state index contributed by atoms with van der Waals surface area (Å²) in [6.07, 6.45) is 0. The minimum Gasteiger partial charge on any atom is -0.360 e. The fraction of sp³-hybridized carbons (Fsp3) is 1.00. The van der Waals surface area contributed by atoms with Crippen molar-refractivity contribution in [3.63, 3.8) is 0 Å². The van der Waals surface area contributed by atoms with E-state index in [1.807, 2.05) is 0 Å². The molecule has 0 heterocycles. The smallest absolute Gasteiger partial charge is 0.198 e. The van der Waals surface area contributed by atoms with Crippen LogP contribution in [0.15, 0.2) is 0 Å². The number of aliphatic hydroxyl groups excluding tert-OH is 1. The zero-order valence-corrected chi connectivity index (χ0v) is 2.81. The van der Waals surface area contributed by atoms with Crippen molar-refractivity contribution < 1.29 is 10.2 Å². The van der Waals surface area contributed by atoms with Crippen LogP contribution in [0.25, 0.3) is 0 Å². The highest BCUT2D eigenvalue weighted by Gasteiger charge is 1.71. The van der Waals surface area contributed by atoms with Crippen LogP contribution in [0.2, 0.25) is 0 Å². The standard InChI is InChI=1S/CH4O2S/c2-1(3)4/h1-4H. The Kier molecular flexibility index (Phi) is 1.68. The third kappa shape index (κ3) is 50.2. The summed E-state index contributed by atoms with van der Waals surface area (Å²) in [5.41, 5.74) is -1.47. The van der Waals surface area contributed by atoms with Crippen LogP contribution >= 0.6 is 12.6 Å². The molecule has 3 heteroatoms. The van der Waals surface area contributed by atoms with Crippen LogP contribution in [0.3, 0.4) is 0 Å². The summed E-state index contributed by atoms with van der Waals surface area (Å²) in [7, 11) is 0. The molecule has 0 spiro atoms. The van der Waals surface area contributed by atoms with Crippen molar-refractivity contribution in [1.29, 1.82) is 0 Å². The van der Waals surface area contributed by atoms with Gasteiger partial charge in [0, 0.05) is 0 Å². The monoisotopic (exact) mass is 80.0 g/mol. The molecular formula is CH4O2S. The van der Waals surface area contributed by atoms with E-state index < -0.39 is 5.62 Å². The van der Waals surface area contributed by atoms with Crippen molar-refractivity contribution in [2.75, 3.05) is 0 Å². The van der Waals surface area contributed by atoms with Crippen molar-refractivity contribution in [2.45, 2.75) is 5.62 Å². The lowest BCUT2D eigenvalue weighted by atomic mass is 11.5. The molecule has 4 heavy (non-hydrogen) atoms. The highest BCUT2D eigenvalue weighted by Crippen LogP contribution is 1.72. The van der Waals surface area contributed by atoms with E-state index in [1.54, 1.807) is 0 Å². The minimum absolute atomic E-state index is 1.47. The topological polar surface area (TPSA) is 40.5 Å². The summed E-state index contributed by atoms with van der Waals surface area (Å²) in [5.74, 6) is 0. The van der Waals surface area contributed by atoms with Crippen molar-refractivity contribution >= 4 is 12.6 Å². The Morgan fingerprint density at radius 2 is 1.50 bits per heavy atom. The van der Waals surface area contributed by atoms with Gasteiger partial charge in [0.25, 0.3) is 0 Å². The van der Waals surface area contributed by atoms with Gasteiger partial charge in [-0.05, 0) is 0 Å². The Labute approximate surface area is 29.5 Å². The molecule has 0 aromatic rings. The first-order valence-corrected chi connectivity index (χ1v) is 1.29. The van der Waals surface area contributed by atoms with Gasteiger partial charge in [-0.25, -0.2) is 0 Å². The minimum atomic E-state index is -1.47. The molecule has 0 fully saturated rings. The lowest BCUT2D eigenvalue weighted by molar-refractivity contribution is 0.0425. The average molecular weight is 80.1 g/mol. The van der Waals surface area contributed by atoms with E-state index in [9.17, 15) is 0 Å². The lowest BCUT2D eigenvalue weighted by Crippen LogP contribution is -1.87. The van der Waals surface area contributed by atoms with Gasteiger partial charge in [-0.15, -0.1) is 12.6 Å². The molecule has 2 nitrogen and oxygen atoms in total. The fourth-order valence-electron chi connectivity index (χ4n) is 0. The molecule has 0 amide bonds. The second-order valence-corrected chi connectivity index (χ2v) is 0.808. The van der Waals surface area contributed by atoms with Gasteiger partial charge in [0.1, 0.15) is 0 Å². The molecule has 0 saturated carbocycles. The van der Waals surface area contributed by atoms with Crippen molar-refractivity contribution in [3.05, 3.63) is 0 Å². The number of thiol groups is 1. The van der Waals surface area contributed by atoms with Gasteiger partial charge < -0.3 is 10.2 Å². The van der Waals surface area contributed by atoms with Crippen LogP contribution in [0.5, 0.6) is 0 Å². The molecule has 0 aliphatic rings. The van der Waals surface area contributed by atoms with Gasteiger partial charge >= 0.3 is 0 Å². The van der Waals surface area contributed by atoms with Gasteiger partial charge in [-0.3, -0.25) is 0 Å². The molecule has 0 saturated heterocycles. The van der Waals surface area contributed by atoms with Crippen LogP contribution in [0, 0.1) is 0 Å². The molecule has 26 valence electrons. The molecule has 0 atom stereocenters. The molecule has 0 bridgehead atoms. The maximum atomic E-state index is 7.48. The number of aliphatic hydroxyl groups is 2. The van der Waals surface area contributed by atoms with E-state index in [1.165, 1.54) is 0 Å². The Morgan fingerprint density at radius 1 is 1.50 bits per heavy atom. The summed E-state index contributed by atoms with van der Waals surface area (Å²) in [4.78, 5) is 0. The maximum absolute atomic E-state index is 7.48. The van der Waals surface area contributed by atoms with Gasteiger partial charge in [0.15, 0.2) is 5.62 Å². The maximum Gasteiger partial charge on any atom is 0.198 e. The highest BCUT2D eigenvalue weighted by molar-refractivity contribution is 7.80. The Hall–Kier alpha value is 0.270. The molecule has 0 radical (unpaired) electrons. The number of rotatable bonds is 0. The lowest BCUT2D eigenvalue weighted by Gasteiger charge is -1.79. The van der Waals surface area contributed by atoms with Crippen molar-refractivity contribution in [3.8, 4) is 0 Å². The average Bonchev–Trinajstić information content (AvgIpc) is 0.811. The van der Waals surface area contributed by atoms with Gasteiger partial charge in [-0.2, -0.15) is 0 Å². The first-order valence-electron chi connectivity index (χ1n) is 0.775. The molecule has 0 aromatic heterocycles. The van der Waals surface area contributed by atoms with Gasteiger partial charge in [0.05, 0.1) is 0 Å². The Bertz CT molecular complexity index is 10.8. The second kappa shape index (κ2) is 1.58. The summed E-state index contributed by atoms with van der Waals surface area (Å²) in [6, 6.07) is 0. The molecule has 0 aliphatic carbocycles. The third-order valence-electron chi connectivity index (χ3n) is 0. The van der Waals surface area contributed by atoms with Crippen molar-refractivity contribution in [1.82, 2.24) is 0 Å². The molecule has 0 unspecified atom stereocenters. The summed E-state index contributed by atoms with van der Waals surface area (Å²) < 4.78 is 0. The van der Waals surface area contributed by atoms with E-state index in [0.717, 1.165) is 0 Å². The molecular weight excluding hydrogens is 76.1 g/mol. The Morgan fingerprint density at radius 3 is 1.50 bits per heavy atom. The van der Waals surface area contributed by atoms with E-state index in [2.05, 4.69) is 12.6 Å². The third-order valence-corrected chi connectivity index (χ3v) is 0. The predicted molar refractivity (Wildman–Crippen MR) is 17.2 cm³/mol. The molecule has 2 N–H and O–H groups in total. The van der Waals surface area contributed by atoms with E-state index in [0.29, 0.717) is 0 Å².